The average molecular weight is 443 g/mol. The van der Waals surface area contributed by atoms with Gasteiger partial charge >= 0.3 is 5.69 Å². The Kier molecular flexibility index (Phi) is 4.76. The molecule has 0 radical (unpaired) electrons. The monoisotopic (exact) mass is 442 g/mol. The molecule has 0 fully saturated rings. The van der Waals surface area contributed by atoms with E-state index in [1.807, 2.05) is 0 Å². The van der Waals surface area contributed by atoms with Crippen LogP contribution in [0.25, 0.3) is 11.0 Å². The van der Waals surface area contributed by atoms with Crippen LogP contribution in [0.3, 0.4) is 0 Å². The van der Waals surface area contributed by atoms with Crippen molar-refractivity contribution in [1.82, 2.24) is 18.8 Å². The lowest BCUT2D eigenvalue weighted by Crippen LogP contribution is -2.27. The highest BCUT2D eigenvalue weighted by Gasteiger charge is 2.23. The summed E-state index contributed by atoms with van der Waals surface area (Å²) in [5, 5.41) is 0. The lowest BCUT2D eigenvalue weighted by atomic mass is 10.2. The van der Waals surface area contributed by atoms with Crippen LogP contribution >= 0.6 is 15.9 Å². The highest BCUT2D eigenvalue weighted by Crippen LogP contribution is 2.28. The zero-order valence-corrected chi connectivity index (χ0v) is 16.6. The molecule has 0 aliphatic carbocycles. The summed E-state index contributed by atoms with van der Waals surface area (Å²) in [7, 11) is -0.748. The molecule has 1 aromatic carbocycles. The number of fused-ring (bicyclic) bond motifs is 1. The van der Waals surface area contributed by atoms with Crippen molar-refractivity contribution >= 4 is 37.0 Å². The maximum absolute atomic E-state index is 13.3. The lowest BCUT2D eigenvalue weighted by molar-refractivity contribution is 0.563. The number of pyridine rings is 1. The van der Waals surface area contributed by atoms with Gasteiger partial charge in [0.05, 0.1) is 22.1 Å². The molecule has 0 saturated heterocycles. The van der Waals surface area contributed by atoms with E-state index in [0.29, 0.717) is 21.1 Å². The topological polar surface area (TPSA) is 86.0 Å². The van der Waals surface area contributed by atoms with E-state index in [9.17, 15) is 17.6 Å². The van der Waals surface area contributed by atoms with Crippen LogP contribution in [0.2, 0.25) is 0 Å². The van der Waals surface area contributed by atoms with Crippen LogP contribution in [0.15, 0.2) is 44.8 Å². The zero-order valence-electron chi connectivity index (χ0n) is 14.2. The summed E-state index contributed by atoms with van der Waals surface area (Å²) in [5.41, 5.74) is 1.23. The number of hydrogen-bond acceptors (Lipinski definition) is 4. The Bertz CT molecular complexity index is 1170. The molecule has 1 N–H and O–H groups in total. The molecule has 0 saturated carbocycles. The van der Waals surface area contributed by atoms with Crippen LogP contribution in [0.4, 0.5) is 4.39 Å². The predicted molar refractivity (Wildman–Crippen MR) is 98.8 cm³/mol. The maximum Gasteiger partial charge on any atom is 0.328 e. The SMILES string of the molecule is C[C@@H](NS(=O)(=O)c1cc2c(cc1Br)n(C)c(=O)n2C)c1cncc(F)c1. The van der Waals surface area contributed by atoms with E-state index in [1.54, 1.807) is 27.1 Å². The molecule has 0 bridgehead atoms. The fourth-order valence-electron chi connectivity index (χ4n) is 2.74. The van der Waals surface area contributed by atoms with Crippen molar-refractivity contribution < 1.29 is 12.8 Å². The molecule has 10 heteroatoms. The fraction of sp³-hybridized carbons (Fsp3) is 0.250. The van der Waals surface area contributed by atoms with E-state index < -0.39 is 21.9 Å². The van der Waals surface area contributed by atoms with Crippen LogP contribution in [0, 0.1) is 5.82 Å². The number of hydrogen-bond donors (Lipinski definition) is 1. The Morgan fingerprint density at radius 1 is 1.15 bits per heavy atom. The summed E-state index contributed by atoms with van der Waals surface area (Å²) in [5.74, 6) is -0.546. The van der Waals surface area contributed by atoms with Crippen LogP contribution in [-0.4, -0.2) is 22.5 Å². The van der Waals surface area contributed by atoms with Gasteiger partial charge in [0.25, 0.3) is 0 Å². The zero-order chi connectivity index (χ0) is 19.2. The van der Waals surface area contributed by atoms with Crippen LogP contribution in [-0.2, 0) is 24.1 Å². The number of rotatable bonds is 4. The van der Waals surface area contributed by atoms with Crippen molar-refractivity contribution in [3.8, 4) is 0 Å². The van der Waals surface area contributed by atoms with Gasteiger partial charge in [-0.1, -0.05) is 0 Å². The second kappa shape index (κ2) is 6.60. The molecular weight excluding hydrogens is 427 g/mol. The van der Waals surface area contributed by atoms with Crippen molar-refractivity contribution in [1.29, 1.82) is 0 Å². The number of sulfonamides is 1. The Hall–Kier alpha value is -2.04. The predicted octanol–water partition coefficient (Wildman–Crippen LogP) is 2.21. The molecule has 0 unspecified atom stereocenters. The van der Waals surface area contributed by atoms with Gasteiger partial charge in [0.1, 0.15) is 5.82 Å². The summed E-state index contributed by atoms with van der Waals surface area (Å²) in [4.78, 5) is 15.8. The van der Waals surface area contributed by atoms with Crippen molar-refractivity contribution in [3.05, 3.63) is 56.9 Å². The van der Waals surface area contributed by atoms with Gasteiger partial charge in [-0.05, 0) is 46.6 Å². The number of nitrogens with zero attached hydrogens (tertiary/aromatic N) is 3. The van der Waals surface area contributed by atoms with Gasteiger partial charge < -0.3 is 0 Å². The molecule has 0 aliphatic heterocycles. The molecule has 7 nitrogen and oxygen atoms in total. The van der Waals surface area contributed by atoms with E-state index in [4.69, 9.17) is 0 Å². The average Bonchev–Trinajstić information content (AvgIpc) is 2.78. The molecule has 26 heavy (non-hydrogen) atoms. The Morgan fingerprint density at radius 2 is 1.77 bits per heavy atom. The largest absolute Gasteiger partial charge is 0.328 e. The van der Waals surface area contributed by atoms with Crippen LogP contribution < -0.4 is 10.4 Å². The summed E-state index contributed by atoms with van der Waals surface area (Å²) in [6, 6.07) is 3.55. The first kappa shape index (κ1) is 18.7. The summed E-state index contributed by atoms with van der Waals surface area (Å²) >= 11 is 3.26. The molecule has 2 aromatic heterocycles. The standard InChI is InChI=1S/C16H16BrFN4O3S/c1-9(10-4-11(18)8-19-7-10)20-26(24,25)15-6-14-13(5-12(15)17)21(2)16(23)22(14)3/h4-9,20H,1-3H3/t9-/m1/s1. The second-order valence-electron chi connectivity index (χ2n) is 5.95. The fourth-order valence-corrected chi connectivity index (χ4v) is 5.02. The van der Waals surface area contributed by atoms with Gasteiger partial charge in [-0.2, -0.15) is 0 Å². The van der Waals surface area contributed by atoms with Gasteiger partial charge in [-0.3, -0.25) is 14.1 Å². The van der Waals surface area contributed by atoms with E-state index in [0.717, 1.165) is 6.20 Å². The number of nitrogens with one attached hydrogen (secondary N) is 1. The minimum Gasteiger partial charge on any atom is -0.295 e. The van der Waals surface area contributed by atoms with Gasteiger partial charge in [0.2, 0.25) is 10.0 Å². The van der Waals surface area contributed by atoms with Crippen molar-refractivity contribution in [2.45, 2.75) is 17.9 Å². The number of benzene rings is 1. The summed E-state index contributed by atoms with van der Waals surface area (Å²) in [6.07, 6.45) is 2.45. The molecule has 3 aromatic rings. The quantitative estimate of drug-likeness (QED) is 0.670. The molecular formula is C16H16BrFN4O3S. The Morgan fingerprint density at radius 3 is 2.38 bits per heavy atom. The molecule has 0 spiro atoms. The molecule has 0 aliphatic rings. The van der Waals surface area contributed by atoms with Crippen LogP contribution in [0.5, 0.6) is 0 Å². The van der Waals surface area contributed by atoms with E-state index >= 15 is 0 Å². The number of aryl methyl sites for hydroxylation is 2. The van der Waals surface area contributed by atoms with E-state index in [2.05, 4.69) is 25.6 Å². The lowest BCUT2D eigenvalue weighted by Gasteiger charge is -2.15. The van der Waals surface area contributed by atoms with Gasteiger partial charge in [0.15, 0.2) is 0 Å². The third-order valence-electron chi connectivity index (χ3n) is 4.17. The highest BCUT2D eigenvalue weighted by atomic mass is 79.9. The number of aromatic nitrogens is 3. The van der Waals surface area contributed by atoms with Gasteiger partial charge in [-0.15, -0.1) is 0 Å². The Balaban J connectivity index is 2.05. The molecule has 138 valence electrons. The highest BCUT2D eigenvalue weighted by molar-refractivity contribution is 9.10. The first-order valence-electron chi connectivity index (χ1n) is 7.59. The smallest absolute Gasteiger partial charge is 0.295 e. The molecule has 2 heterocycles. The van der Waals surface area contributed by atoms with Crippen molar-refractivity contribution in [3.63, 3.8) is 0 Å². The first-order chi connectivity index (χ1) is 12.1. The normalized spacial score (nSPS) is 13.3. The van der Waals surface area contributed by atoms with Crippen molar-refractivity contribution in [2.24, 2.45) is 14.1 Å². The Labute approximate surface area is 157 Å². The molecule has 3 rings (SSSR count). The molecule has 0 amide bonds. The minimum atomic E-state index is -3.93. The van der Waals surface area contributed by atoms with E-state index in [1.165, 1.54) is 27.5 Å². The number of imidazole rings is 1. The second-order valence-corrected chi connectivity index (χ2v) is 8.49. The third kappa shape index (κ3) is 3.19. The molecule has 1 atom stereocenters. The van der Waals surface area contributed by atoms with Crippen molar-refractivity contribution in [2.75, 3.05) is 0 Å². The number of halogens is 2. The van der Waals surface area contributed by atoms with Crippen LogP contribution in [0.1, 0.15) is 18.5 Å². The van der Waals surface area contributed by atoms with Gasteiger partial charge in [0, 0.05) is 30.8 Å². The van der Waals surface area contributed by atoms with Gasteiger partial charge in [-0.25, -0.2) is 22.3 Å². The summed E-state index contributed by atoms with van der Waals surface area (Å²) < 4.78 is 44.6. The summed E-state index contributed by atoms with van der Waals surface area (Å²) in [6.45, 7) is 1.60. The third-order valence-corrected chi connectivity index (χ3v) is 6.67. The van der Waals surface area contributed by atoms with E-state index in [-0.39, 0.29) is 10.6 Å². The minimum absolute atomic E-state index is 0.0117. The first-order valence-corrected chi connectivity index (χ1v) is 9.87. The maximum atomic E-state index is 13.3.